The lowest BCUT2D eigenvalue weighted by Crippen LogP contribution is -2.61. The Balaban J connectivity index is 1.74. The summed E-state index contributed by atoms with van der Waals surface area (Å²) in [5.74, 6) is -0.670. The summed E-state index contributed by atoms with van der Waals surface area (Å²) in [6.07, 6.45) is 0.385. The highest BCUT2D eigenvalue weighted by atomic mass is 35.5. The fraction of sp³-hybridized carbons (Fsp3) is 0.462. The minimum atomic E-state index is -1.10. The molecule has 0 aliphatic carbocycles. The van der Waals surface area contributed by atoms with Gasteiger partial charge in [-0.25, -0.2) is 0 Å². The number of hydrogen-bond donors (Lipinski definition) is 3. The third-order valence-electron chi connectivity index (χ3n) is 6.75. The Hall–Kier alpha value is -2.41. The third-order valence-corrected chi connectivity index (χ3v) is 7.01. The van der Waals surface area contributed by atoms with E-state index in [-0.39, 0.29) is 17.7 Å². The molecular weight excluding hydrogens is 438 g/mol. The van der Waals surface area contributed by atoms with E-state index in [4.69, 9.17) is 17.3 Å². The van der Waals surface area contributed by atoms with E-state index < -0.39 is 23.1 Å². The molecular formula is C26H34ClN3O3. The monoisotopic (exact) mass is 471 g/mol. The van der Waals surface area contributed by atoms with Gasteiger partial charge in [-0.05, 0) is 35.6 Å². The number of halogens is 1. The van der Waals surface area contributed by atoms with E-state index in [9.17, 15) is 14.7 Å². The van der Waals surface area contributed by atoms with Crippen LogP contribution in [-0.2, 0) is 15.2 Å². The fourth-order valence-corrected chi connectivity index (χ4v) is 4.66. The molecule has 0 saturated carbocycles. The molecule has 0 radical (unpaired) electrons. The van der Waals surface area contributed by atoms with E-state index in [1.54, 1.807) is 29.2 Å². The number of carbonyl (C=O) groups is 2. The highest BCUT2D eigenvalue weighted by molar-refractivity contribution is 6.30. The second-order valence-corrected chi connectivity index (χ2v) is 10.3. The molecule has 1 aliphatic rings. The summed E-state index contributed by atoms with van der Waals surface area (Å²) >= 11 is 6.02. The lowest BCUT2D eigenvalue weighted by atomic mass is 9.66. The Bertz CT molecular complexity index is 978. The van der Waals surface area contributed by atoms with Crippen LogP contribution in [0.15, 0.2) is 54.6 Å². The molecule has 4 N–H and O–H groups in total. The highest BCUT2D eigenvalue weighted by Crippen LogP contribution is 2.46. The van der Waals surface area contributed by atoms with Crippen LogP contribution in [0.4, 0.5) is 0 Å². The minimum absolute atomic E-state index is 0.121. The first-order chi connectivity index (χ1) is 15.5. The van der Waals surface area contributed by atoms with Gasteiger partial charge >= 0.3 is 0 Å². The zero-order valence-corrected chi connectivity index (χ0v) is 20.5. The Labute approximate surface area is 201 Å². The maximum atomic E-state index is 13.5. The molecule has 3 atom stereocenters. The van der Waals surface area contributed by atoms with Crippen LogP contribution in [0.25, 0.3) is 0 Å². The zero-order chi connectivity index (χ0) is 24.4. The van der Waals surface area contributed by atoms with Crippen LogP contribution in [0.3, 0.4) is 0 Å². The van der Waals surface area contributed by atoms with Crippen molar-refractivity contribution in [1.29, 1.82) is 0 Å². The van der Waals surface area contributed by atoms with E-state index in [0.29, 0.717) is 30.1 Å². The SMILES string of the molecule is CC(C)[C@@H](NC(=O)[C@H](N)c1ccccc1)C(=O)N1CC[C@](O)(c2ccc(Cl)cc2)C(C)(C)C1. The van der Waals surface area contributed by atoms with Gasteiger partial charge in [0.25, 0.3) is 0 Å². The second-order valence-electron chi connectivity index (χ2n) is 9.88. The summed E-state index contributed by atoms with van der Waals surface area (Å²) in [7, 11) is 0. The van der Waals surface area contributed by atoms with Gasteiger partial charge in [-0.3, -0.25) is 9.59 Å². The number of amides is 2. The molecule has 33 heavy (non-hydrogen) atoms. The summed E-state index contributed by atoms with van der Waals surface area (Å²) in [5.41, 5.74) is 5.91. The Morgan fingerprint density at radius 3 is 2.24 bits per heavy atom. The maximum Gasteiger partial charge on any atom is 0.245 e. The van der Waals surface area contributed by atoms with Gasteiger partial charge in [0.05, 0.1) is 5.60 Å². The Morgan fingerprint density at radius 2 is 1.70 bits per heavy atom. The average molecular weight is 472 g/mol. The van der Waals surface area contributed by atoms with Gasteiger partial charge < -0.3 is 21.1 Å². The normalized spacial score (nSPS) is 22.0. The van der Waals surface area contributed by atoms with Crippen LogP contribution in [-0.4, -0.2) is 41.0 Å². The van der Waals surface area contributed by atoms with Crippen LogP contribution in [0.5, 0.6) is 0 Å². The second kappa shape index (κ2) is 9.84. The number of benzene rings is 2. The van der Waals surface area contributed by atoms with Gasteiger partial charge in [0, 0.05) is 23.5 Å². The molecule has 6 nitrogen and oxygen atoms in total. The van der Waals surface area contributed by atoms with Crippen molar-refractivity contribution in [3.63, 3.8) is 0 Å². The molecule has 2 amide bonds. The lowest BCUT2D eigenvalue weighted by molar-refractivity contribution is -0.156. The van der Waals surface area contributed by atoms with Crippen LogP contribution < -0.4 is 11.1 Å². The first-order valence-corrected chi connectivity index (χ1v) is 11.7. The van der Waals surface area contributed by atoms with Crippen molar-refractivity contribution in [2.45, 2.75) is 51.8 Å². The van der Waals surface area contributed by atoms with Gasteiger partial charge in [0.1, 0.15) is 12.1 Å². The van der Waals surface area contributed by atoms with E-state index in [1.165, 1.54) is 0 Å². The van der Waals surface area contributed by atoms with Crippen molar-refractivity contribution in [1.82, 2.24) is 10.2 Å². The van der Waals surface area contributed by atoms with Gasteiger partial charge in [-0.1, -0.05) is 81.8 Å². The number of aliphatic hydroxyl groups is 1. The predicted molar refractivity (Wildman–Crippen MR) is 130 cm³/mol. The maximum absolute atomic E-state index is 13.5. The molecule has 0 unspecified atom stereocenters. The number of piperidine rings is 1. The molecule has 2 aromatic rings. The molecule has 178 valence electrons. The van der Waals surface area contributed by atoms with Gasteiger partial charge in [-0.2, -0.15) is 0 Å². The molecule has 1 saturated heterocycles. The van der Waals surface area contributed by atoms with E-state index in [2.05, 4.69) is 5.32 Å². The number of carbonyl (C=O) groups excluding carboxylic acids is 2. The minimum Gasteiger partial charge on any atom is -0.384 e. The first kappa shape index (κ1) is 25.2. The van der Waals surface area contributed by atoms with Crippen molar-refractivity contribution in [3.8, 4) is 0 Å². The predicted octanol–water partition coefficient (Wildman–Crippen LogP) is 3.63. The van der Waals surface area contributed by atoms with Crippen LogP contribution >= 0.6 is 11.6 Å². The van der Waals surface area contributed by atoms with Crippen molar-refractivity contribution >= 4 is 23.4 Å². The molecule has 7 heteroatoms. The van der Waals surface area contributed by atoms with Crippen molar-refractivity contribution in [3.05, 3.63) is 70.7 Å². The lowest BCUT2D eigenvalue weighted by Gasteiger charge is -2.51. The number of nitrogens with one attached hydrogen (secondary N) is 1. The van der Waals surface area contributed by atoms with Crippen LogP contribution in [0.1, 0.15) is 51.3 Å². The van der Waals surface area contributed by atoms with Crippen LogP contribution in [0, 0.1) is 11.3 Å². The number of nitrogens with two attached hydrogens (primary N) is 1. The quantitative estimate of drug-likeness (QED) is 0.599. The summed E-state index contributed by atoms with van der Waals surface area (Å²) in [6.45, 7) is 8.44. The topological polar surface area (TPSA) is 95.7 Å². The van der Waals surface area contributed by atoms with E-state index in [1.807, 2.05) is 58.0 Å². The van der Waals surface area contributed by atoms with Gasteiger partial charge in [0.2, 0.25) is 11.8 Å². The summed E-state index contributed by atoms with van der Waals surface area (Å²) in [6, 6.07) is 14.7. The highest BCUT2D eigenvalue weighted by Gasteiger charge is 2.50. The van der Waals surface area contributed by atoms with Crippen molar-refractivity contribution in [2.75, 3.05) is 13.1 Å². The standard InChI is InChI=1S/C26H34ClN3O3/c1-17(2)22(29-23(31)21(28)18-8-6-5-7-9-18)24(32)30-15-14-26(33,25(3,4)16-30)19-10-12-20(27)13-11-19/h5-13,17,21-22,33H,14-16,28H2,1-4H3,(H,29,31)/t21-,22-,26+/m1/s1. The van der Waals surface area contributed by atoms with Gasteiger partial charge in [-0.15, -0.1) is 0 Å². The smallest absolute Gasteiger partial charge is 0.245 e. The molecule has 0 aromatic heterocycles. The molecule has 2 aromatic carbocycles. The van der Waals surface area contributed by atoms with Gasteiger partial charge in [0.15, 0.2) is 0 Å². The number of likely N-dealkylation sites (tertiary alicyclic amines) is 1. The van der Waals surface area contributed by atoms with Crippen LogP contribution in [0.2, 0.25) is 5.02 Å². The molecule has 1 aliphatic heterocycles. The molecule has 3 rings (SSSR count). The first-order valence-electron chi connectivity index (χ1n) is 11.3. The molecule has 0 bridgehead atoms. The fourth-order valence-electron chi connectivity index (χ4n) is 4.54. The zero-order valence-electron chi connectivity index (χ0n) is 19.7. The number of rotatable bonds is 6. The molecule has 1 fully saturated rings. The number of nitrogens with zero attached hydrogens (tertiary/aromatic N) is 1. The summed E-state index contributed by atoms with van der Waals surface area (Å²) in [4.78, 5) is 28.1. The molecule has 1 heterocycles. The summed E-state index contributed by atoms with van der Waals surface area (Å²) in [5, 5.41) is 15.1. The molecule has 0 spiro atoms. The van der Waals surface area contributed by atoms with Crippen molar-refractivity contribution < 1.29 is 14.7 Å². The third kappa shape index (κ3) is 5.24. The number of hydrogen-bond acceptors (Lipinski definition) is 4. The van der Waals surface area contributed by atoms with Crippen molar-refractivity contribution in [2.24, 2.45) is 17.1 Å². The van der Waals surface area contributed by atoms with E-state index >= 15 is 0 Å². The van der Waals surface area contributed by atoms with E-state index in [0.717, 1.165) is 5.56 Å². The Kier molecular flexibility index (Phi) is 7.52. The average Bonchev–Trinajstić information content (AvgIpc) is 2.78. The largest absolute Gasteiger partial charge is 0.384 e. The summed E-state index contributed by atoms with van der Waals surface area (Å²) < 4.78 is 0. The Morgan fingerprint density at radius 1 is 1.09 bits per heavy atom.